The largest absolute Gasteiger partial charge is 0.444 e. The first kappa shape index (κ1) is 22.1. The van der Waals surface area contributed by atoms with Crippen molar-refractivity contribution in [3.05, 3.63) is 41.0 Å². The number of thiophene rings is 1. The summed E-state index contributed by atoms with van der Waals surface area (Å²) < 4.78 is 19.0. The highest BCUT2D eigenvalue weighted by Crippen LogP contribution is 2.33. The van der Waals surface area contributed by atoms with Crippen LogP contribution < -0.4 is 11.1 Å². The summed E-state index contributed by atoms with van der Waals surface area (Å²) >= 11 is 1.23. The van der Waals surface area contributed by atoms with E-state index in [0.29, 0.717) is 29.2 Å². The number of nitrogens with zero attached hydrogens (tertiary/aromatic N) is 1. The van der Waals surface area contributed by atoms with E-state index in [0.717, 1.165) is 24.1 Å². The maximum Gasteiger partial charge on any atom is 0.410 e. The summed E-state index contributed by atoms with van der Waals surface area (Å²) in [5.74, 6) is -0.623. The number of ether oxygens (including phenoxy) is 1. The Hall–Kier alpha value is -2.61. The molecule has 0 unspecified atom stereocenters. The Morgan fingerprint density at radius 2 is 2.03 bits per heavy atom. The van der Waals surface area contributed by atoms with Crippen molar-refractivity contribution >= 4 is 29.0 Å². The molecule has 3 rings (SSSR count). The highest BCUT2D eigenvalue weighted by atomic mass is 32.1. The molecule has 3 N–H and O–H groups in total. The van der Waals surface area contributed by atoms with Gasteiger partial charge in [0.1, 0.15) is 16.3 Å². The van der Waals surface area contributed by atoms with E-state index in [1.54, 1.807) is 23.1 Å². The van der Waals surface area contributed by atoms with Gasteiger partial charge in [-0.2, -0.15) is 0 Å². The van der Waals surface area contributed by atoms with Crippen molar-refractivity contribution in [2.45, 2.75) is 51.7 Å². The third-order valence-corrected chi connectivity index (χ3v) is 5.93. The average molecular weight is 434 g/mol. The summed E-state index contributed by atoms with van der Waals surface area (Å²) in [6.45, 7) is 6.49. The lowest BCUT2D eigenvalue weighted by atomic mass is 10.1. The van der Waals surface area contributed by atoms with E-state index in [4.69, 9.17) is 10.5 Å². The lowest BCUT2D eigenvalue weighted by molar-refractivity contribution is 0.0242. The number of likely N-dealkylation sites (tertiary alicyclic amines) is 1. The molecular formula is C22H28FN3O3S. The number of anilines is 1. The van der Waals surface area contributed by atoms with Gasteiger partial charge in [-0.05, 0) is 63.8 Å². The zero-order valence-electron chi connectivity index (χ0n) is 17.5. The Labute approximate surface area is 180 Å². The molecule has 1 fully saturated rings. The molecule has 1 saturated heterocycles. The maximum atomic E-state index is 13.5. The normalized spacial score (nSPS) is 17.3. The van der Waals surface area contributed by atoms with Gasteiger partial charge in [0, 0.05) is 24.0 Å². The van der Waals surface area contributed by atoms with Crippen LogP contribution in [-0.2, 0) is 4.74 Å². The molecule has 2 aromatic rings. The van der Waals surface area contributed by atoms with Gasteiger partial charge in [-0.3, -0.25) is 4.79 Å². The lowest BCUT2D eigenvalue weighted by Gasteiger charge is -2.28. The third kappa shape index (κ3) is 5.72. The molecule has 2 amide bonds. The van der Waals surface area contributed by atoms with Crippen molar-refractivity contribution in [2.24, 2.45) is 0 Å². The molecule has 0 spiro atoms. The van der Waals surface area contributed by atoms with Crippen LogP contribution in [0, 0.1) is 5.82 Å². The van der Waals surface area contributed by atoms with Gasteiger partial charge in [-0.15, -0.1) is 11.3 Å². The standard InChI is InChI=1S/C22H28FN3O3S/c1-22(2,3)29-21(28)26-10-5-4-9-16(13-26)25-20(27)19-17(24)12-18(30-19)14-7-6-8-15(23)11-14/h6-8,11-12,16H,4-5,9-10,13,24H2,1-3H3,(H,25,27)/t16-/m0/s1. The second-order valence-corrected chi connectivity index (χ2v) is 9.55. The summed E-state index contributed by atoms with van der Waals surface area (Å²) in [7, 11) is 0. The Balaban J connectivity index is 1.69. The number of rotatable bonds is 3. The van der Waals surface area contributed by atoms with E-state index < -0.39 is 5.60 Å². The summed E-state index contributed by atoms with van der Waals surface area (Å²) in [4.78, 5) is 28.1. The Bertz CT molecular complexity index is 923. The fraction of sp³-hybridized carbons (Fsp3) is 0.455. The minimum absolute atomic E-state index is 0.188. The molecule has 0 saturated carbocycles. The SMILES string of the molecule is CC(C)(C)OC(=O)N1CCCC[C@H](NC(=O)c2sc(-c3cccc(F)c3)cc2N)C1. The Kier molecular flexibility index (Phi) is 6.65. The van der Waals surface area contributed by atoms with Gasteiger partial charge < -0.3 is 20.7 Å². The monoisotopic (exact) mass is 433 g/mol. The Morgan fingerprint density at radius 1 is 1.27 bits per heavy atom. The first-order chi connectivity index (χ1) is 14.1. The molecule has 162 valence electrons. The van der Waals surface area contributed by atoms with Crippen LogP contribution in [0.5, 0.6) is 0 Å². The highest BCUT2D eigenvalue weighted by molar-refractivity contribution is 7.18. The number of carbonyl (C=O) groups is 2. The summed E-state index contributed by atoms with van der Waals surface area (Å²) in [6.07, 6.45) is 2.16. The molecule has 1 atom stereocenters. The molecular weight excluding hydrogens is 405 g/mol. The van der Waals surface area contributed by atoms with Gasteiger partial charge in [0.15, 0.2) is 0 Å². The number of nitrogens with two attached hydrogens (primary N) is 1. The predicted octanol–water partition coefficient (Wildman–Crippen LogP) is 4.66. The number of amides is 2. The van der Waals surface area contributed by atoms with Gasteiger partial charge >= 0.3 is 6.09 Å². The molecule has 1 aliphatic heterocycles. The number of hydrogen-bond acceptors (Lipinski definition) is 5. The first-order valence-electron chi connectivity index (χ1n) is 10.1. The zero-order valence-corrected chi connectivity index (χ0v) is 18.4. The maximum absolute atomic E-state index is 13.5. The van der Waals surface area contributed by atoms with Gasteiger partial charge in [0.2, 0.25) is 0 Å². The zero-order chi connectivity index (χ0) is 21.9. The van der Waals surface area contributed by atoms with Crippen molar-refractivity contribution in [3.63, 3.8) is 0 Å². The Morgan fingerprint density at radius 3 is 2.73 bits per heavy atom. The molecule has 1 aromatic heterocycles. The van der Waals surface area contributed by atoms with Crippen LogP contribution in [0.15, 0.2) is 30.3 Å². The third-order valence-electron chi connectivity index (χ3n) is 4.73. The minimum Gasteiger partial charge on any atom is -0.444 e. The topological polar surface area (TPSA) is 84.7 Å². The average Bonchev–Trinajstić information content (AvgIpc) is 2.89. The molecule has 1 aliphatic rings. The number of carbonyl (C=O) groups excluding carboxylic acids is 2. The van der Waals surface area contributed by atoms with Crippen LogP contribution in [0.3, 0.4) is 0 Å². The summed E-state index contributed by atoms with van der Waals surface area (Å²) in [5, 5.41) is 3.01. The number of nitrogens with one attached hydrogen (secondary N) is 1. The van der Waals surface area contributed by atoms with Gasteiger partial charge in [-0.25, -0.2) is 9.18 Å². The highest BCUT2D eigenvalue weighted by Gasteiger charge is 2.28. The number of hydrogen-bond donors (Lipinski definition) is 2. The number of halogens is 1. The molecule has 0 radical (unpaired) electrons. The minimum atomic E-state index is -0.569. The molecule has 2 heterocycles. The van der Waals surface area contributed by atoms with Gasteiger partial charge in [0.25, 0.3) is 5.91 Å². The molecule has 30 heavy (non-hydrogen) atoms. The van der Waals surface area contributed by atoms with Crippen molar-refractivity contribution in [1.29, 1.82) is 0 Å². The van der Waals surface area contributed by atoms with E-state index in [1.807, 2.05) is 20.8 Å². The molecule has 0 bridgehead atoms. The molecule has 8 heteroatoms. The first-order valence-corrected chi connectivity index (χ1v) is 10.9. The van der Waals surface area contributed by atoms with Crippen LogP contribution in [0.2, 0.25) is 0 Å². The fourth-order valence-corrected chi connectivity index (χ4v) is 4.35. The molecule has 6 nitrogen and oxygen atoms in total. The fourth-order valence-electron chi connectivity index (χ4n) is 3.37. The lowest BCUT2D eigenvalue weighted by Crippen LogP contribution is -2.46. The van der Waals surface area contributed by atoms with Crippen LogP contribution in [-0.4, -0.2) is 41.6 Å². The van der Waals surface area contributed by atoms with E-state index in [-0.39, 0.29) is 23.9 Å². The van der Waals surface area contributed by atoms with E-state index in [1.165, 1.54) is 23.5 Å². The van der Waals surface area contributed by atoms with Gasteiger partial charge in [0.05, 0.1) is 5.69 Å². The quantitative estimate of drug-likeness (QED) is 0.738. The van der Waals surface area contributed by atoms with Crippen LogP contribution in [0.25, 0.3) is 10.4 Å². The van der Waals surface area contributed by atoms with Crippen molar-refractivity contribution in [1.82, 2.24) is 10.2 Å². The summed E-state index contributed by atoms with van der Waals surface area (Å²) in [5.41, 5.74) is 6.53. The second kappa shape index (κ2) is 9.04. The smallest absolute Gasteiger partial charge is 0.410 e. The van der Waals surface area contributed by atoms with Crippen LogP contribution >= 0.6 is 11.3 Å². The van der Waals surface area contributed by atoms with Crippen LogP contribution in [0.4, 0.5) is 14.9 Å². The number of nitrogen functional groups attached to an aromatic ring is 1. The van der Waals surface area contributed by atoms with E-state index in [2.05, 4.69) is 5.32 Å². The van der Waals surface area contributed by atoms with Gasteiger partial charge in [-0.1, -0.05) is 12.1 Å². The van der Waals surface area contributed by atoms with E-state index in [9.17, 15) is 14.0 Å². The molecule has 0 aliphatic carbocycles. The molecule has 1 aromatic carbocycles. The van der Waals surface area contributed by atoms with Crippen molar-refractivity contribution in [2.75, 3.05) is 18.8 Å². The van der Waals surface area contributed by atoms with Crippen molar-refractivity contribution in [3.8, 4) is 10.4 Å². The second-order valence-electron chi connectivity index (χ2n) is 8.50. The van der Waals surface area contributed by atoms with Crippen molar-refractivity contribution < 1.29 is 18.7 Å². The number of benzene rings is 1. The predicted molar refractivity (Wildman–Crippen MR) is 117 cm³/mol. The summed E-state index contributed by atoms with van der Waals surface area (Å²) in [6, 6.07) is 7.69. The van der Waals surface area contributed by atoms with Crippen LogP contribution in [0.1, 0.15) is 49.7 Å². The van der Waals surface area contributed by atoms with E-state index >= 15 is 0 Å².